The normalized spacial score (nSPS) is 10.9. The summed E-state index contributed by atoms with van der Waals surface area (Å²) in [5.74, 6) is -0.576. The van der Waals surface area contributed by atoms with Crippen molar-refractivity contribution >= 4 is 11.9 Å². The van der Waals surface area contributed by atoms with E-state index in [2.05, 4.69) is 13.8 Å². The van der Waals surface area contributed by atoms with E-state index in [4.69, 9.17) is 5.11 Å². The standard InChI is InChI=1S/C16H23NO3/c1-11(2)9-17(10-15(18)19)16(20)14-7-5-13(6-8-14)12(3)4/h5-8,11-12H,9-10H2,1-4H3,(H,18,19). The van der Waals surface area contributed by atoms with Crippen LogP contribution in [0.25, 0.3) is 0 Å². The van der Waals surface area contributed by atoms with Crippen molar-refractivity contribution in [2.75, 3.05) is 13.1 Å². The van der Waals surface area contributed by atoms with E-state index in [-0.39, 0.29) is 18.4 Å². The maximum absolute atomic E-state index is 12.4. The molecule has 4 heteroatoms. The summed E-state index contributed by atoms with van der Waals surface area (Å²) in [7, 11) is 0. The van der Waals surface area contributed by atoms with Crippen molar-refractivity contribution in [2.24, 2.45) is 5.92 Å². The zero-order valence-corrected chi connectivity index (χ0v) is 12.6. The molecule has 0 aliphatic rings. The minimum atomic E-state index is -0.988. The summed E-state index contributed by atoms with van der Waals surface area (Å²) >= 11 is 0. The van der Waals surface area contributed by atoms with Gasteiger partial charge in [0.2, 0.25) is 0 Å². The molecule has 4 nitrogen and oxygen atoms in total. The van der Waals surface area contributed by atoms with E-state index in [1.165, 1.54) is 4.90 Å². The molecule has 110 valence electrons. The van der Waals surface area contributed by atoms with E-state index in [9.17, 15) is 9.59 Å². The molecule has 0 fully saturated rings. The lowest BCUT2D eigenvalue weighted by molar-refractivity contribution is -0.137. The van der Waals surface area contributed by atoms with Gasteiger partial charge in [0, 0.05) is 12.1 Å². The Morgan fingerprint density at radius 2 is 1.65 bits per heavy atom. The minimum absolute atomic E-state index is 0.226. The molecule has 0 unspecified atom stereocenters. The summed E-state index contributed by atoms with van der Waals surface area (Å²) < 4.78 is 0. The number of aliphatic carboxylic acids is 1. The van der Waals surface area contributed by atoms with Gasteiger partial charge < -0.3 is 10.0 Å². The van der Waals surface area contributed by atoms with Gasteiger partial charge in [-0.05, 0) is 29.5 Å². The fraction of sp³-hybridized carbons (Fsp3) is 0.500. The third kappa shape index (κ3) is 4.68. The Morgan fingerprint density at radius 1 is 1.10 bits per heavy atom. The van der Waals surface area contributed by atoms with Gasteiger partial charge in [0.15, 0.2) is 0 Å². The summed E-state index contributed by atoms with van der Waals surface area (Å²) in [6, 6.07) is 7.39. The molecular formula is C16H23NO3. The van der Waals surface area contributed by atoms with Crippen molar-refractivity contribution in [2.45, 2.75) is 33.6 Å². The number of hydrogen-bond acceptors (Lipinski definition) is 2. The molecule has 0 radical (unpaired) electrons. The van der Waals surface area contributed by atoms with Crippen LogP contribution in [0.15, 0.2) is 24.3 Å². The van der Waals surface area contributed by atoms with Gasteiger partial charge in [-0.3, -0.25) is 9.59 Å². The van der Waals surface area contributed by atoms with Crippen molar-refractivity contribution < 1.29 is 14.7 Å². The second-order valence-corrected chi connectivity index (χ2v) is 5.75. The molecule has 0 saturated heterocycles. The van der Waals surface area contributed by atoms with E-state index in [1.54, 1.807) is 12.1 Å². The first-order chi connectivity index (χ1) is 9.31. The average Bonchev–Trinajstić information content (AvgIpc) is 2.36. The van der Waals surface area contributed by atoms with Crippen molar-refractivity contribution in [1.29, 1.82) is 0 Å². The second kappa shape index (κ2) is 7.08. The van der Waals surface area contributed by atoms with Crippen LogP contribution in [0.1, 0.15) is 49.5 Å². The Hall–Kier alpha value is -1.84. The van der Waals surface area contributed by atoms with Crippen LogP contribution >= 0.6 is 0 Å². The smallest absolute Gasteiger partial charge is 0.323 e. The molecule has 0 spiro atoms. The van der Waals surface area contributed by atoms with Crippen LogP contribution in [0.5, 0.6) is 0 Å². The van der Waals surface area contributed by atoms with E-state index < -0.39 is 5.97 Å². The number of benzene rings is 1. The highest BCUT2D eigenvalue weighted by Crippen LogP contribution is 2.16. The Balaban J connectivity index is 2.90. The first kappa shape index (κ1) is 16.2. The van der Waals surface area contributed by atoms with E-state index in [0.717, 1.165) is 5.56 Å². The highest BCUT2D eigenvalue weighted by atomic mass is 16.4. The number of carboxylic acid groups (broad SMARTS) is 1. The highest BCUT2D eigenvalue weighted by Gasteiger charge is 2.19. The van der Waals surface area contributed by atoms with Crippen molar-refractivity contribution in [3.63, 3.8) is 0 Å². The molecule has 20 heavy (non-hydrogen) atoms. The summed E-state index contributed by atoms with van der Waals surface area (Å²) in [6.45, 7) is 8.28. The summed E-state index contributed by atoms with van der Waals surface area (Å²) in [5, 5.41) is 8.92. The zero-order chi connectivity index (χ0) is 15.3. The first-order valence-electron chi connectivity index (χ1n) is 6.92. The summed E-state index contributed by atoms with van der Waals surface area (Å²) in [6.07, 6.45) is 0. The molecule has 1 amide bonds. The number of rotatable bonds is 6. The van der Waals surface area contributed by atoms with Gasteiger partial charge in [0.05, 0.1) is 0 Å². The fourth-order valence-electron chi connectivity index (χ4n) is 2.02. The third-order valence-electron chi connectivity index (χ3n) is 3.02. The molecule has 1 N–H and O–H groups in total. The van der Waals surface area contributed by atoms with Crippen LogP contribution in [-0.2, 0) is 4.79 Å². The molecule has 0 heterocycles. The Kier molecular flexibility index (Phi) is 5.74. The van der Waals surface area contributed by atoms with Crippen molar-refractivity contribution in [3.8, 4) is 0 Å². The van der Waals surface area contributed by atoms with Gasteiger partial charge in [-0.25, -0.2) is 0 Å². The predicted octanol–water partition coefficient (Wildman–Crippen LogP) is 2.99. The fourth-order valence-corrected chi connectivity index (χ4v) is 2.02. The highest BCUT2D eigenvalue weighted by molar-refractivity contribution is 5.95. The summed E-state index contributed by atoms with van der Waals surface area (Å²) in [4.78, 5) is 24.6. The third-order valence-corrected chi connectivity index (χ3v) is 3.02. The lowest BCUT2D eigenvalue weighted by Crippen LogP contribution is -2.38. The van der Waals surface area contributed by atoms with Gasteiger partial charge in [0.1, 0.15) is 6.54 Å². The number of carbonyl (C=O) groups excluding carboxylic acids is 1. The minimum Gasteiger partial charge on any atom is -0.480 e. The topological polar surface area (TPSA) is 57.6 Å². The van der Waals surface area contributed by atoms with Gasteiger partial charge in [0.25, 0.3) is 5.91 Å². The molecule has 1 aromatic rings. The van der Waals surface area contributed by atoms with Gasteiger partial charge in [-0.2, -0.15) is 0 Å². The van der Waals surface area contributed by atoms with Crippen molar-refractivity contribution in [3.05, 3.63) is 35.4 Å². The van der Waals surface area contributed by atoms with Crippen LogP contribution in [0, 0.1) is 5.92 Å². The molecule has 1 aromatic carbocycles. The average molecular weight is 277 g/mol. The number of hydrogen-bond donors (Lipinski definition) is 1. The molecule has 0 atom stereocenters. The van der Waals surface area contributed by atoms with E-state index in [0.29, 0.717) is 18.0 Å². The monoisotopic (exact) mass is 277 g/mol. The molecular weight excluding hydrogens is 254 g/mol. The second-order valence-electron chi connectivity index (χ2n) is 5.75. The Bertz CT molecular complexity index is 463. The quantitative estimate of drug-likeness (QED) is 0.869. The SMILES string of the molecule is CC(C)CN(CC(=O)O)C(=O)c1ccc(C(C)C)cc1. The van der Waals surface area contributed by atoms with Crippen LogP contribution in [0.4, 0.5) is 0 Å². The maximum atomic E-state index is 12.4. The molecule has 0 aliphatic carbocycles. The Labute approximate surface area is 120 Å². The number of nitrogens with zero attached hydrogens (tertiary/aromatic N) is 1. The van der Waals surface area contributed by atoms with Crippen LogP contribution in [0.3, 0.4) is 0 Å². The predicted molar refractivity (Wildman–Crippen MR) is 78.9 cm³/mol. The first-order valence-corrected chi connectivity index (χ1v) is 6.92. The lowest BCUT2D eigenvalue weighted by atomic mass is 10.0. The lowest BCUT2D eigenvalue weighted by Gasteiger charge is -2.23. The summed E-state index contributed by atoms with van der Waals surface area (Å²) in [5.41, 5.74) is 1.70. The van der Waals surface area contributed by atoms with E-state index >= 15 is 0 Å². The maximum Gasteiger partial charge on any atom is 0.323 e. The molecule has 0 aromatic heterocycles. The molecule has 0 aliphatic heterocycles. The van der Waals surface area contributed by atoms with Gasteiger partial charge in [-0.15, -0.1) is 0 Å². The van der Waals surface area contributed by atoms with Crippen LogP contribution in [-0.4, -0.2) is 35.0 Å². The number of carboxylic acids is 1. The molecule has 1 rings (SSSR count). The molecule has 0 saturated carbocycles. The van der Waals surface area contributed by atoms with Gasteiger partial charge >= 0.3 is 5.97 Å². The Morgan fingerprint density at radius 3 is 2.05 bits per heavy atom. The number of amides is 1. The largest absolute Gasteiger partial charge is 0.480 e. The van der Waals surface area contributed by atoms with Gasteiger partial charge in [-0.1, -0.05) is 39.8 Å². The van der Waals surface area contributed by atoms with Crippen molar-refractivity contribution in [1.82, 2.24) is 4.90 Å². The number of carbonyl (C=O) groups is 2. The molecule has 0 bridgehead atoms. The van der Waals surface area contributed by atoms with Crippen LogP contribution in [0.2, 0.25) is 0 Å². The van der Waals surface area contributed by atoms with E-state index in [1.807, 2.05) is 26.0 Å². The zero-order valence-electron chi connectivity index (χ0n) is 12.6. The van der Waals surface area contributed by atoms with Crippen LogP contribution < -0.4 is 0 Å².